The summed E-state index contributed by atoms with van der Waals surface area (Å²) in [5, 5.41) is 7.26. The Morgan fingerprint density at radius 1 is 0.971 bits per heavy atom. The van der Waals surface area contributed by atoms with Crippen molar-refractivity contribution in [3.8, 4) is 11.5 Å². The van der Waals surface area contributed by atoms with Crippen LogP contribution in [0.3, 0.4) is 0 Å². The summed E-state index contributed by atoms with van der Waals surface area (Å²) in [6.07, 6.45) is 1.32. The first-order valence-corrected chi connectivity index (χ1v) is 11.2. The van der Waals surface area contributed by atoms with Gasteiger partial charge in [-0.25, -0.2) is 10.2 Å². The molecule has 0 fully saturated rings. The van der Waals surface area contributed by atoms with Gasteiger partial charge in [0.1, 0.15) is 0 Å². The zero-order valence-corrected chi connectivity index (χ0v) is 20.3. The van der Waals surface area contributed by atoms with Crippen LogP contribution in [-0.4, -0.2) is 30.6 Å². The lowest BCUT2D eigenvalue weighted by Crippen LogP contribution is -2.32. The average Bonchev–Trinajstić information content (AvgIpc) is 2.84. The van der Waals surface area contributed by atoms with Gasteiger partial charge in [0.15, 0.2) is 11.5 Å². The van der Waals surface area contributed by atoms with Crippen LogP contribution in [0.5, 0.6) is 11.5 Å². The van der Waals surface area contributed by atoms with Crippen LogP contribution >= 0.6 is 23.2 Å². The number of hydrogen-bond donors (Lipinski definition) is 2. The van der Waals surface area contributed by atoms with Gasteiger partial charge in [-0.05, 0) is 79.6 Å². The van der Waals surface area contributed by atoms with E-state index in [1.165, 1.54) is 12.3 Å². The first-order valence-electron chi connectivity index (χ1n) is 10.4. The Kier molecular flexibility index (Phi) is 8.83. The molecule has 0 aliphatic carbocycles. The summed E-state index contributed by atoms with van der Waals surface area (Å²) in [7, 11) is 0. The molecule has 10 heteroatoms. The second kappa shape index (κ2) is 12.0. The van der Waals surface area contributed by atoms with Crippen molar-refractivity contribution in [2.24, 2.45) is 5.10 Å². The van der Waals surface area contributed by atoms with E-state index in [0.29, 0.717) is 44.8 Å². The molecular weight excluding hydrogens is 493 g/mol. The molecule has 0 aliphatic rings. The Bertz CT molecular complexity index is 1280. The van der Waals surface area contributed by atoms with Gasteiger partial charge in [0, 0.05) is 15.7 Å². The molecule has 0 saturated heterocycles. The van der Waals surface area contributed by atoms with E-state index in [0.717, 1.165) is 0 Å². The summed E-state index contributed by atoms with van der Waals surface area (Å²) in [4.78, 5) is 36.6. The Labute approximate surface area is 211 Å². The summed E-state index contributed by atoms with van der Waals surface area (Å²) in [6.45, 7) is 3.83. The van der Waals surface area contributed by atoms with E-state index < -0.39 is 17.8 Å². The number of rotatable bonds is 7. The molecule has 0 spiro atoms. The predicted molar refractivity (Wildman–Crippen MR) is 135 cm³/mol. The average molecular weight is 514 g/mol. The minimum absolute atomic E-state index is 0.212. The van der Waals surface area contributed by atoms with Crippen molar-refractivity contribution in [1.82, 2.24) is 5.43 Å². The fourth-order valence-corrected chi connectivity index (χ4v) is 3.14. The van der Waals surface area contributed by atoms with Gasteiger partial charge < -0.3 is 14.8 Å². The maximum absolute atomic E-state index is 12.4. The van der Waals surface area contributed by atoms with Gasteiger partial charge in [-0.3, -0.25) is 9.59 Å². The molecule has 8 nitrogen and oxygen atoms in total. The topological polar surface area (TPSA) is 106 Å². The summed E-state index contributed by atoms with van der Waals surface area (Å²) in [6, 6.07) is 16.0. The molecule has 0 aromatic heterocycles. The van der Waals surface area contributed by atoms with Crippen LogP contribution in [0.15, 0.2) is 65.8 Å². The lowest BCUT2D eigenvalue weighted by Gasteiger charge is -2.11. The zero-order chi connectivity index (χ0) is 25.4. The summed E-state index contributed by atoms with van der Waals surface area (Å²) in [5.41, 5.74) is 4.08. The second-order valence-corrected chi connectivity index (χ2v) is 7.94. The van der Waals surface area contributed by atoms with E-state index in [1.54, 1.807) is 68.4 Å². The van der Waals surface area contributed by atoms with Crippen molar-refractivity contribution in [3.63, 3.8) is 0 Å². The van der Waals surface area contributed by atoms with E-state index in [1.807, 2.05) is 0 Å². The fourth-order valence-electron chi connectivity index (χ4n) is 2.84. The molecule has 0 aliphatic heterocycles. The molecular formula is C25H21Cl2N3O5. The van der Waals surface area contributed by atoms with Crippen LogP contribution in [0.4, 0.5) is 5.69 Å². The zero-order valence-electron chi connectivity index (χ0n) is 18.8. The highest BCUT2D eigenvalue weighted by Crippen LogP contribution is 2.29. The highest BCUT2D eigenvalue weighted by Gasteiger charge is 2.15. The Hall–Kier alpha value is -3.88. The molecule has 180 valence electrons. The molecule has 2 N–H and O–H groups in total. The maximum Gasteiger partial charge on any atom is 0.343 e. The normalized spacial score (nSPS) is 10.6. The van der Waals surface area contributed by atoms with Crippen molar-refractivity contribution < 1.29 is 23.9 Å². The van der Waals surface area contributed by atoms with Crippen molar-refractivity contribution in [1.29, 1.82) is 0 Å². The van der Waals surface area contributed by atoms with Gasteiger partial charge >= 0.3 is 17.8 Å². The summed E-state index contributed by atoms with van der Waals surface area (Å²) >= 11 is 11.9. The van der Waals surface area contributed by atoms with E-state index in [4.69, 9.17) is 32.7 Å². The minimum Gasteiger partial charge on any atom is -0.490 e. The van der Waals surface area contributed by atoms with E-state index >= 15 is 0 Å². The third-order valence-corrected chi connectivity index (χ3v) is 5.31. The largest absolute Gasteiger partial charge is 0.490 e. The lowest BCUT2D eigenvalue weighted by atomic mass is 10.2. The molecule has 0 radical (unpaired) electrons. The standard InChI is InChI=1S/C25H21Cl2N3O5/c1-3-34-22-13-16(7-12-21(22)35-25(33)17-8-10-18(26)11-9-17)14-28-30-24(32)23(31)29-20-6-4-5-19(27)15(20)2/h4-14H,3H2,1-2H3,(H,29,31)(H,30,32)/b28-14-. The monoisotopic (exact) mass is 513 g/mol. The van der Waals surface area contributed by atoms with E-state index in [2.05, 4.69) is 15.8 Å². The van der Waals surface area contributed by atoms with Crippen LogP contribution in [-0.2, 0) is 9.59 Å². The number of nitrogens with zero attached hydrogens (tertiary/aromatic N) is 1. The SMILES string of the molecule is CCOc1cc(/C=N\NC(=O)C(=O)Nc2cccc(Cl)c2C)ccc1OC(=O)c1ccc(Cl)cc1. The summed E-state index contributed by atoms with van der Waals surface area (Å²) < 4.78 is 11.0. The molecule has 0 saturated carbocycles. The van der Waals surface area contributed by atoms with Gasteiger partial charge in [-0.2, -0.15) is 5.10 Å². The maximum atomic E-state index is 12.4. The molecule has 3 aromatic rings. The number of amides is 2. The highest BCUT2D eigenvalue weighted by molar-refractivity contribution is 6.40. The van der Waals surface area contributed by atoms with E-state index in [9.17, 15) is 14.4 Å². The van der Waals surface area contributed by atoms with Crippen molar-refractivity contribution in [3.05, 3.63) is 87.4 Å². The summed E-state index contributed by atoms with van der Waals surface area (Å²) in [5.74, 6) is -1.91. The molecule has 0 heterocycles. The number of benzene rings is 3. The van der Waals surface area contributed by atoms with Crippen LogP contribution in [0, 0.1) is 6.92 Å². The molecule has 0 bridgehead atoms. The molecule has 0 unspecified atom stereocenters. The van der Waals surface area contributed by atoms with Gasteiger partial charge in [-0.1, -0.05) is 29.3 Å². The Balaban J connectivity index is 1.64. The number of ether oxygens (including phenoxy) is 2. The third-order valence-electron chi connectivity index (χ3n) is 4.65. The third kappa shape index (κ3) is 7.05. The van der Waals surface area contributed by atoms with Crippen molar-refractivity contribution in [2.75, 3.05) is 11.9 Å². The van der Waals surface area contributed by atoms with Crippen LogP contribution in [0.25, 0.3) is 0 Å². The lowest BCUT2D eigenvalue weighted by molar-refractivity contribution is -0.136. The predicted octanol–water partition coefficient (Wildman–Crippen LogP) is 5.01. The second-order valence-electron chi connectivity index (χ2n) is 7.10. The Morgan fingerprint density at radius 3 is 2.43 bits per heavy atom. The first-order chi connectivity index (χ1) is 16.8. The smallest absolute Gasteiger partial charge is 0.343 e. The number of esters is 1. The number of hydrogen-bond acceptors (Lipinski definition) is 6. The number of hydrazone groups is 1. The minimum atomic E-state index is -0.959. The molecule has 35 heavy (non-hydrogen) atoms. The van der Waals surface area contributed by atoms with Gasteiger partial charge in [0.05, 0.1) is 18.4 Å². The molecule has 3 aromatic carbocycles. The molecule has 3 rings (SSSR count). The van der Waals surface area contributed by atoms with Gasteiger partial charge in [0.2, 0.25) is 0 Å². The number of anilines is 1. The Morgan fingerprint density at radius 2 is 1.71 bits per heavy atom. The molecule has 0 atom stereocenters. The molecule has 2 amide bonds. The number of halogens is 2. The van der Waals surface area contributed by atoms with Gasteiger partial charge in [0.25, 0.3) is 0 Å². The van der Waals surface area contributed by atoms with Crippen LogP contribution in [0.2, 0.25) is 10.0 Å². The number of nitrogens with one attached hydrogen (secondary N) is 2. The van der Waals surface area contributed by atoms with Crippen molar-refractivity contribution in [2.45, 2.75) is 13.8 Å². The number of carbonyl (C=O) groups is 3. The van der Waals surface area contributed by atoms with Crippen LogP contribution < -0.4 is 20.2 Å². The quantitative estimate of drug-likeness (QED) is 0.152. The fraction of sp³-hybridized carbons (Fsp3) is 0.120. The first kappa shape index (κ1) is 25.7. The number of carbonyl (C=O) groups excluding carboxylic acids is 3. The van der Waals surface area contributed by atoms with Crippen LogP contribution in [0.1, 0.15) is 28.4 Å². The highest BCUT2D eigenvalue weighted by atomic mass is 35.5. The van der Waals surface area contributed by atoms with Crippen molar-refractivity contribution >= 4 is 52.9 Å². The van der Waals surface area contributed by atoms with Gasteiger partial charge in [-0.15, -0.1) is 0 Å². The van der Waals surface area contributed by atoms with E-state index in [-0.39, 0.29) is 5.75 Å².